The number of imidazole rings is 2. The molecule has 3 heterocycles. The second kappa shape index (κ2) is 5.55. The molecule has 0 bridgehead atoms. The van der Waals surface area contributed by atoms with Crippen molar-refractivity contribution in [2.75, 3.05) is 18.0 Å². The second-order valence-electron chi connectivity index (χ2n) is 4.71. The quantitative estimate of drug-likeness (QED) is 0.383. The van der Waals surface area contributed by atoms with E-state index in [2.05, 4.69) is 28.1 Å². The van der Waals surface area contributed by atoms with Crippen LogP contribution in [-0.4, -0.2) is 32.0 Å². The summed E-state index contributed by atoms with van der Waals surface area (Å²) in [4.78, 5) is 11.5. The molecule has 0 aromatic carbocycles. The largest absolute Gasteiger partial charge is 1.00 e. The number of aromatic nitrogens is 5. The van der Waals surface area contributed by atoms with Crippen LogP contribution in [0.3, 0.4) is 0 Å². The first-order valence-corrected chi connectivity index (χ1v) is 6.60. The standard InChI is InChI=1S/C13H19N6.HI/c1-5-18(6-2)12-10-11(17(4)9-14-10)15-13-16(3)7-8-19(12)13;/h7-9H,5-6H2,1-4H3;1H/q+1;/p-1. The molecule has 20 heavy (non-hydrogen) atoms. The van der Waals surface area contributed by atoms with E-state index in [0.29, 0.717) is 0 Å². The SMILES string of the molecule is CCN(CC)c1c2ncn(C)c2nc2n1cc[n+]2C.[I-]. The monoisotopic (exact) mass is 386 g/mol. The number of hydrogen-bond acceptors (Lipinski definition) is 3. The van der Waals surface area contributed by atoms with E-state index in [0.717, 1.165) is 35.8 Å². The number of halogens is 1. The van der Waals surface area contributed by atoms with Crippen molar-refractivity contribution in [3.63, 3.8) is 0 Å². The van der Waals surface area contributed by atoms with Gasteiger partial charge in [0.1, 0.15) is 6.20 Å². The van der Waals surface area contributed by atoms with Crippen LogP contribution in [0.15, 0.2) is 18.7 Å². The van der Waals surface area contributed by atoms with E-state index in [1.165, 1.54) is 0 Å². The highest BCUT2D eigenvalue weighted by molar-refractivity contribution is 5.85. The van der Waals surface area contributed by atoms with Crippen LogP contribution in [0.1, 0.15) is 13.8 Å². The van der Waals surface area contributed by atoms with E-state index in [-0.39, 0.29) is 24.0 Å². The van der Waals surface area contributed by atoms with Gasteiger partial charge in [0, 0.05) is 20.1 Å². The average molecular weight is 386 g/mol. The van der Waals surface area contributed by atoms with Crippen molar-refractivity contribution < 1.29 is 28.5 Å². The Balaban J connectivity index is 0.00000147. The van der Waals surface area contributed by atoms with Crippen LogP contribution in [0, 0.1) is 0 Å². The summed E-state index contributed by atoms with van der Waals surface area (Å²) in [7, 11) is 3.99. The first-order chi connectivity index (χ1) is 9.17. The molecule has 0 radical (unpaired) electrons. The van der Waals surface area contributed by atoms with Gasteiger partial charge in [-0.15, -0.1) is 0 Å². The molecule has 0 aliphatic heterocycles. The van der Waals surface area contributed by atoms with Crippen molar-refractivity contribution in [2.24, 2.45) is 14.1 Å². The molecule has 0 atom stereocenters. The van der Waals surface area contributed by atoms with Crippen LogP contribution in [-0.2, 0) is 14.1 Å². The normalized spacial score (nSPS) is 11.0. The van der Waals surface area contributed by atoms with E-state index < -0.39 is 0 Å². The third-order valence-corrected chi connectivity index (χ3v) is 3.59. The number of fused-ring (bicyclic) bond motifs is 2. The Morgan fingerprint density at radius 1 is 1.30 bits per heavy atom. The molecule has 0 saturated carbocycles. The first kappa shape index (κ1) is 15.0. The molecule has 0 spiro atoms. The Morgan fingerprint density at radius 2 is 2.00 bits per heavy atom. The Morgan fingerprint density at radius 3 is 2.65 bits per heavy atom. The summed E-state index contributed by atoms with van der Waals surface area (Å²) in [5.74, 6) is 2.05. The molecule has 0 unspecified atom stereocenters. The lowest BCUT2D eigenvalue weighted by Gasteiger charge is -2.19. The van der Waals surface area contributed by atoms with Crippen LogP contribution < -0.4 is 33.4 Å². The van der Waals surface area contributed by atoms with Crippen molar-refractivity contribution in [1.29, 1.82) is 0 Å². The fourth-order valence-corrected chi connectivity index (χ4v) is 2.52. The van der Waals surface area contributed by atoms with E-state index in [1.54, 1.807) is 0 Å². The van der Waals surface area contributed by atoms with Gasteiger partial charge in [0.2, 0.25) is 11.5 Å². The summed E-state index contributed by atoms with van der Waals surface area (Å²) in [6, 6.07) is 0. The zero-order valence-corrected chi connectivity index (χ0v) is 14.4. The zero-order chi connectivity index (χ0) is 13.6. The van der Waals surface area contributed by atoms with E-state index in [4.69, 9.17) is 4.98 Å². The van der Waals surface area contributed by atoms with E-state index in [9.17, 15) is 0 Å². The lowest BCUT2D eigenvalue weighted by molar-refractivity contribution is -0.646. The number of hydrogen-bond donors (Lipinski definition) is 0. The Kier molecular flexibility index (Phi) is 4.17. The van der Waals surface area contributed by atoms with Gasteiger partial charge in [-0.3, -0.25) is 0 Å². The summed E-state index contributed by atoms with van der Waals surface area (Å²) in [5, 5.41) is 0. The summed E-state index contributed by atoms with van der Waals surface area (Å²) in [6.45, 7) is 6.22. The maximum Gasteiger partial charge on any atom is 0.406 e. The summed E-state index contributed by atoms with van der Waals surface area (Å²) >= 11 is 0. The highest BCUT2D eigenvalue weighted by Crippen LogP contribution is 2.24. The fourth-order valence-electron chi connectivity index (χ4n) is 2.52. The van der Waals surface area contributed by atoms with Crippen molar-refractivity contribution in [1.82, 2.24) is 18.9 Å². The molecule has 108 valence electrons. The average Bonchev–Trinajstić information content (AvgIpc) is 2.96. The van der Waals surface area contributed by atoms with E-state index in [1.807, 2.05) is 42.0 Å². The third-order valence-electron chi connectivity index (χ3n) is 3.59. The van der Waals surface area contributed by atoms with Gasteiger partial charge < -0.3 is 33.4 Å². The van der Waals surface area contributed by atoms with Gasteiger partial charge in [0.25, 0.3) is 0 Å². The number of rotatable bonds is 3. The van der Waals surface area contributed by atoms with Crippen molar-refractivity contribution >= 4 is 22.8 Å². The molecule has 0 fully saturated rings. The minimum Gasteiger partial charge on any atom is -1.00 e. The van der Waals surface area contributed by atoms with Gasteiger partial charge >= 0.3 is 5.78 Å². The van der Waals surface area contributed by atoms with Crippen LogP contribution in [0.5, 0.6) is 0 Å². The summed E-state index contributed by atoms with van der Waals surface area (Å²) < 4.78 is 6.11. The highest BCUT2D eigenvalue weighted by atomic mass is 127. The third kappa shape index (κ3) is 2.04. The van der Waals surface area contributed by atoms with Crippen molar-refractivity contribution in [3.8, 4) is 0 Å². The maximum absolute atomic E-state index is 4.71. The number of anilines is 1. The van der Waals surface area contributed by atoms with Crippen LogP contribution in [0.25, 0.3) is 16.9 Å². The molecule has 7 heteroatoms. The predicted molar refractivity (Wildman–Crippen MR) is 74.2 cm³/mol. The second-order valence-corrected chi connectivity index (χ2v) is 4.71. The lowest BCUT2D eigenvalue weighted by atomic mass is 10.4. The fraction of sp³-hybridized carbons (Fsp3) is 0.462. The van der Waals surface area contributed by atoms with E-state index >= 15 is 0 Å². The molecule has 0 saturated heterocycles. The molecule has 3 rings (SSSR count). The minimum atomic E-state index is 0. The molecule has 3 aromatic rings. The van der Waals surface area contributed by atoms with Crippen molar-refractivity contribution in [2.45, 2.75) is 13.8 Å². The Labute approximate surface area is 135 Å². The van der Waals surface area contributed by atoms with Gasteiger partial charge in [0.15, 0.2) is 5.52 Å². The molecule has 3 aromatic heterocycles. The molecule has 0 aliphatic carbocycles. The Bertz CT molecular complexity index is 685. The number of aryl methyl sites for hydroxylation is 2. The topological polar surface area (TPSA) is 42.2 Å². The van der Waals surface area contributed by atoms with Crippen LogP contribution >= 0.6 is 0 Å². The molecular formula is C13H19IN6. The maximum atomic E-state index is 4.71. The first-order valence-electron chi connectivity index (χ1n) is 6.60. The molecular weight excluding hydrogens is 367 g/mol. The van der Waals surface area contributed by atoms with Gasteiger partial charge in [0.05, 0.1) is 19.6 Å². The molecule has 0 N–H and O–H groups in total. The lowest BCUT2D eigenvalue weighted by Crippen LogP contribution is -3.00. The smallest absolute Gasteiger partial charge is 0.406 e. The predicted octanol–water partition coefficient (Wildman–Crippen LogP) is -2.10. The highest BCUT2D eigenvalue weighted by Gasteiger charge is 2.24. The van der Waals surface area contributed by atoms with Crippen LogP contribution in [0.4, 0.5) is 5.82 Å². The summed E-state index contributed by atoms with van der Waals surface area (Å²) in [6.07, 6.45) is 5.89. The van der Waals surface area contributed by atoms with Crippen LogP contribution in [0.2, 0.25) is 0 Å². The minimum absolute atomic E-state index is 0. The van der Waals surface area contributed by atoms with Gasteiger partial charge in [-0.05, 0) is 18.8 Å². The van der Waals surface area contributed by atoms with Gasteiger partial charge in [-0.1, -0.05) is 0 Å². The molecule has 6 nitrogen and oxygen atoms in total. The van der Waals surface area contributed by atoms with Crippen molar-refractivity contribution in [3.05, 3.63) is 18.7 Å². The Hall–Kier alpha value is -1.38. The zero-order valence-electron chi connectivity index (χ0n) is 12.2. The number of nitrogens with zero attached hydrogens (tertiary/aromatic N) is 6. The van der Waals surface area contributed by atoms with Gasteiger partial charge in [-0.25, -0.2) is 9.55 Å². The van der Waals surface area contributed by atoms with Gasteiger partial charge in [-0.2, -0.15) is 4.40 Å². The molecule has 0 amide bonds. The summed E-state index contributed by atoms with van der Waals surface area (Å²) in [5.41, 5.74) is 1.87. The molecule has 0 aliphatic rings.